The lowest BCUT2D eigenvalue weighted by Crippen LogP contribution is -3.00. The lowest BCUT2D eigenvalue weighted by molar-refractivity contribution is -0.0000839. The normalized spacial score (nSPS) is 21.7. The maximum absolute atomic E-state index is 12.8. The van der Waals surface area contributed by atoms with Crippen LogP contribution in [0, 0.1) is 0 Å². The third-order valence-corrected chi connectivity index (χ3v) is 5.77. The molecule has 0 aromatic heterocycles. The van der Waals surface area contributed by atoms with Crippen molar-refractivity contribution in [2.45, 2.75) is 18.6 Å². The van der Waals surface area contributed by atoms with Gasteiger partial charge in [0.1, 0.15) is 11.7 Å². The van der Waals surface area contributed by atoms with Crippen molar-refractivity contribution in [3.05, 3.63) is 46.5 Å². The Labute approximate surface area is 174 Å². The molecule has 29 heavy (non-hydrogen) atoms. The number of nitrogens with zero attached hydrogens (tertiary/aromatic N) is 1. The number of fused-ring (bicyclic) bond motifs is 3. The van der Waals surface area contributed by atoms with Crippen LogP contribution in [-0.4, -0.2) is 45.5 Å². The Kier molecular flexibility index (Phi) is 4.96. The number of carbonyl (C=O) groups is 1. The standard InChI is InChI=1S/C21H21NO6.ClH/c1-22-7-6-11-8-15-16(27-10-26-15)9-13(11)18(22)19-12-4-5-14(24-2)20(25-3)17(12)21(23)28-19;/h4-5,8-9,18-19H,6-7,10H2,1-3H3;1H/p-1/t18-,19+;/m1./s1. The molecule has 7 nitrogen and oxygen atoms in total. The van der Waals surface area contributed by atoms with E-state index in [-0.39, 0.29) is 25.2 Å². The summed E-state index contributed by atoms with van der Waals surface area (Å²) in [5.41, 5.74) is 3.54. The molecular weight excluding hydrogens is 398 g/mol. The second-order valence-electron chi connectivity index (χ2n) is 7.17. The molecule has 3 heterocycles. The van der Waals surface area contributed by atoms with Crippen LogP contribution in [0.3, 0.4) is 0 Å². The molecule has 3 aliphatic rings. The summed E-state index contributed by atoms with van der Waals surface area (Å²) in [5.74, 6) is 2.04. The minimum absolute atomic E-state index is 0. The summed E-state index contributed by atoms with van der Waals surface area (Å²) in [5, 5.41) is 0. The van der Waals surface area contributed by atoms with Gasteiger partial charge in [0.2, 0.25) is 6.79 Å². The highest BCUT2D eigenvalue weighted by molar-refractivity contribution is 5.98. The van der Waals surface area contributed by atoms with Crippen molar-refractivity contribution >= 4 is 5.97 Å². The molecule has 0 fully saturated rings. The van der Waals surface area contributed by atoms with E-state index in [4.69, 9.17) is 23.7 Å². The number of hydrogen-bond donors (Lipinski definition) is 0. The van der Waals surface area contributed by atoms with Gasteiger partial charge in [-0.3, -0.25) is 4.90 Å². The predicted octanol–water partition coefficient (Wildman–Crippen LogP) is -0.123. The lowest BCUT2D eigenvalue weighted by atomic mass is 9.86. The maximum Gasteiger partial charge on any atom is 0.343 e. The van der Waals surface area contributed by atoms with Crippen molar-refractivity contribution in [2.24, 2.45) is 0 Å². The van der Waals surface area contributed by atoms with Crippen LogP contribution < -0.4 is 31.4 Å². The monoisotopic (exact) mass is 418 g/mol. The van der Waals surface area contributed by atoms with Crippen molar-refractivity contribution in [1.82, 2.24) is 4.90 Å². The zero-order chi connectivity index (χ0) is 19.4. The van der Waals surface area contributed by atoms with E-state index >= 15 is 0 Å². The number of cyclic esters (lactones) is 1. The molecule has 2 atom stereocenters. The minimum atomic E-state index is -0.438. The van der Waals surface area contributed by atoms with Gasteiger partial charge in [0.25, 0.3) is 0 Å². The summed E-state index contributed by atoms with van der Waals surface area (Å²) in [6.07, 6.45) is 0.463. The molecule has 0 unspecified atom stereocenters. The molecular formula is C21H21ClNO6-. The summed E-state index contributed by atoms with van der Waals surface area (Å²) in [6, 6.07) is 7.65. The van der Waals surface area contributed by atoms with Crippen molar-refractivity contribution < 1.29 is 40.9 Å². The zero-order valence-electron chi connectivity index (χ0n) is 16.4. The average Bonchev–Trinajstić information content (AvgIpc) is 3.29. The molecule has 2 aromatic carbocycles. The molecule has 154 valence electrons. The van der Waals surface area contributed by atoms with Crippen molar-refractivity contribution in [3.8, 4) is 23.0 Å². The molecule has 0 radical (unpaired) electrons. The molecule has 8 heteroatoms. The Morgan fingerprint density at radius 1 is 1.07 bits per heavy atom. The quantitative estimate of drug-likeness (QED) is 0.644. The summed E-state index contributed by atoms with van der Waals surface area (Å²) >= 11 is 0. The maximum atomic E-state index is 12.8. The van der Waals surface area contributed by atoms with Crippen LogP contribution in [0.1, 0.15) is 39.2 Å². The first-order valence-corrected chi connectivity index (χ1v) is 9.21. The summed E-state index contributed by atoms with van der Waals surface area (Å²) in [4.78, 5) is 15.0. The number of methoxy groups -OCH3 is 2. The summed E-state index contributed by atoms with van der Waals surface area (Å²) < 4.78 is 27.8. The third-order valence-electron chi connectivity index (χ3n) is 5.77. The second-order valence-corrected chi connectivity index (χ2v) is 7.17. The Balaban J connectivity index is 0.00000205. The highest BCUT2D eigenvalue weighted by Gasteiger charge is 2.44. The molecule has 0 saturated carbocycles. The summed E-state index contributed by atoms with van der Waals surface area (Å²) in [6.45, 7) is 1.09. The van der Waals surface area contributed by atoms with Gasteiger partial charge in [-0.2, -0.15) is 0 Å². The van der Waals surface area contributed by atoms with Gasteiger partial charge in [0, 0.05) is 12.1 Å². The molecule has 0 aliphatic carbocycles. The molecule has 0 saturated heterocycles. The Morgan fingerprint density at radius 2 is 1.83 bits per heavy atom. The van der Waals surface area contributed by atoms with E-state index in [0.717, 1.165) is 35.6 Å². The summed E-state index contributed by atoms with van der Waals surface area (Å²) in [7, 11) is 5.13. The van der Waals surface area contributed by atoms with E-state index in [1.165, 1.54) is 12.7 Å². The zero-order valence-corrected chi connectivity index (χ0v) is 17.1. The fourth-order valence-electron chi connectivity index (χ4n) is 4.42. The van der Waals surface area contributed by atoms with Crippen LogP contribution in [0.5, 0.6) is 23.0 Å². The molecule has 0 N–H and O–H groups in total. The number of esters is 1. The Hall–Kier alpha value is -2.64. The number of halogens is 1. The van der Waals surface area contributed by atoms with E-state index < -0.39 is 12.1 Å². The third kappa shape index (κ3) is 2.88. The fourth-order valence-corrected chi connectivity index (χ4v) is 4.42. The van der Waals surface area contributed by atoms with Crippen LogP contribution in [0.4, 0.5) is 0 Å². The SMILES string of the molecule is COc1ccc2c(c1OC)C(=O)O[C@@H]2[C@H]1c2cc3c(cc2CCN1C)OCO3.[Cl-]. The predicted molar refractivity (Wildman–Crippen MR) is 99.3 cm³/mol. The first-order chi connectivity index (χ1) is 13.6. The van der Waals surface area contributed by atoms with E-state index in [1.807, 2.05) is 31.3 Å². The van der Waals surface area contributed by atoms with Gasteiger partial charge in [0.05, 0.1) is 20.3 Å². The van der Waals surface area contributed by atoms with Gasteiger partial charge in [-0.1, -0.05) is 6.07 Å². The molecule has 0 spiro atoms. The Bertz CT molecular complexity index is 978. The topological polar surface area (TPSA) is 66.5 Å². The van der Waals surface area contributed by atoms with E-state index in [0.29, 0.717) is 17.1 Å². The van der Waals surface area contributed by atoms with Crippen molar-refractivity contribution in [1.29, 1.82) is 0 Å². The van der Waals surface area contributed by atoms with Gasteiger partial charge in [-0.25, -0.2) is 4.79 Å². The first kappa shape index (κ1) is 19.7. The van der Waals surface area contributed by atoms with Gasteiger partial charge >= 0.3 is 5.97 Å². The number of likely N-dealkylation sites (N-methyl/N-ethyl adjacent to an activating group) is 1. The minimum Gasteiger partial charge on any atom is -1.00 e. The number of carbonyl (C=O) groups excluding carboxylic acids is 1. The second kappa shape index (κ2) is 7.31. The molecule has 5 rings (SSSR count). The molecule has 0 amide bonds. The fraction of sp³-hybridized carbons (Fsp3) is 0.381. The first-order valence-electron chi connectivity index (χ1n) is 9.21. The lowest BCUT2D eigenvalue weighted by Gasteiger charge is -2.37. The largest absolute Gasteiger partial charge is 1.00 e. The van der Waals surface area contributed by atoms with E-state index in [1.54, 1.807) is 7.11 Å². The van der Waals surface area contributed by atoms with Gasteiger partial charge in [0.15, 0.2) is 23.0 Å². The smallest absolute Gasteiger partial charge is 0.343 e. The van der Waals surface area contributed by atoms with Crippen LogP contribution in [0.25, 0.3) is 0 Å². The molecule has 2 aromatic rings. The van der Waals surface area contributed by atoms with Crippen molar-refractivity contribution in [2.75, 3.05) is 34.6 Å². The number of hydrogen-bond acceptors (Lipinski definition) is 7. The highest BCUT2D eigenvalue weighted by atomic mass is 35.5. The number of rotatable bonds is 3. The van der Waals surface area contributed by atoms with Crippen LogP contribution >= 0.6 is 0 Å². The number of ether oxygens (including phenoxy) is 5. The van der Waals surface area contributed by atoms with E-state index in [9.17, 15) is 4.79 Å². The number of benzene rings is 2. The van der Waals surface area contributed by atoms with Crippen LogP contribution in [0.15, 0.2) is 24.3 Å². The molecule has 3 aliphatic heterocycles. The van der Waals surface area contributed by atoms with E-state index in [2.05, 4.69) is 4.90 Å². The molecule has 0 bridgehead atoms. The van der Waals surface area contributed by atoms with Gasteiger partial charge in [-0.05, 0) is 42.8 Å². The van der Waals surface area contributed by atoms with Crippen LogP contribution in [0.2, 0.25) is 0 Å². The van der Waals surface area contributed by atoms with Crippen molar-refractivity contribution in [3.63, 3.8) is 0 Å². The van der Waals surface area contributed by atoms with Crippen LogP contribution in [-0.2, 0) is 11.2 Å². The Morgan fingerprint density at radius 3 is 2.55 bits per heavy atom. The van der Waals surface area contributed by atoms with Gasteiger partial charge < -0.3 is 36.1 Å². The highest BCUT2D eigenvalue weighted by Crippen LogP contribution is 2.50. The van der Waals surface area contributed by atoms with Gasteiger partial charge in [-0.15, -0.1) is 0 Å². The average molecular weight is 419 g/mol.